The SMILES string of the molecule is CCc1nc(Cc2cccc(Cl)c2)sc1CCC(=O)O. The second-order valence-corrected chi connectivity index (χ2v) is 6.14. The Morgan fingerprint density at radius 2 is 2.25 bits per heavy atom. The number of carbonyl (C=O) groups is 1. The van der Waals surface area contributed by atoms with Crippen molar-refractivity contribution in [2.75, 3.05) is 0 Å². The van der Waals surface area contributed by atoms with E-state index in [9.17, 15) is 4.79 Å². The Morgan fingerprint density at radius 1 is 1.45 bits per heavy atom. The van der Waals surface area contributed by atoms with Gasteiger partial charge in [-0.3, -0.25) is 4.79 Å². The third-order valence-corrected chi connectivity index (χ3v) is 4.36. The summed E-state index contributed by atoms with van der Waals surface area (Å²) in [5.41, 5.74) is 2.15. The normalized spacial score (nSPS) is 10.7. The maximum atomic E-state index is 10.7. The van der Waals surface area contributed by atoms with Crippen LogP contribution in [0.1, 0.15) is 34.5 Å². The van der Waals surface area contributed by atoms with Gasteiger partial charge in [0, 0.05) is 16.3 Å². The molecule has 0 spiro atoms. The van der Waals surface area contributed by atoms with Gasteiger partial charge in [-0.2, -0.15) is 0 Å². The summed E-state index contributed by atoms with van der Waals surface area (Å²) >= 11 is 7.59. The first-order valence-electron chi connectivity index (χ1n) is 6.52. The molecule has 5 heteroatoms. The summed E-state index contributed by atoms with van der Waals surface area (Å²) in [7, 11) is 0. The van der Waals surface area contributed by atoms with Gasteiger partial charge >= 0.3 is 5.97 Å². The van der Waals surface area contributed by atoms with Crippen molar-refractivity contribution in [3.05, 3.63) is 50.4 Å². The van der Waals surface area contributed by atoms with Crippen molar-refractivity contribution >= 4 is 28.9 Å². The van der Waals surface area contributed by atoms with E-state index in [0.29, 0.717) is 6.42 Å². The van der Waals surface area contributed by atoms with Gasteiger partial charge in [-0.05, 0) is 30.5 Å². The number of aryl methyl sites for hydroxylation is 2. The van der Waals surface area contributed by atoms with Crippen LogP contribution in [-0.2, 0) is 24.1 Å². The fraction of sp³-hybridized carbons (Fsp3) is 0.333. The van der Waals surface area contributed by atoms with Gasteiger partial charge in [0.25, 0.3) is 0 Å². The maximum Gasteiger partial charge on any atom is 0.303 e. The molecule has 1 aromatic heterocycles. The molecule has 0 atom stereocenters. The van der Waals surface area contributed by atoms with Crippen molar-refractivity contribution in [2.45, 2.75) is 32.6 Å². The summed E-state index contributed by atoms with van der Waals surface area (Å²) in [6.07, 6.45) is 2.30. The number of thiazole rings is 1. The van der Waals surface area contributed by atoms with E-state index in [-0.39, 0.29) is 6.42 Å². The Labute approximate surface area is 127 Å². The molecular weight excluding hydrogens is 294 g/mol. The Kier molecular flexibility index (Phi) is 5.15. The van der Waals surface area contributed by atoms with Gasteiger partial charge in [-0.15, -0.1) is 11.3 Å². The van der Waals surface area contributed by atoms with Crippen LogP contribution in [0.4, 0.5) is 0 Å². The molecule has 1 aromatic carbocycles. The van der Waals surface area contributed by atoms with Crippen molar-refractivity contribution in [3.8, 4) is 0 Å². The molecule has 0 saturated carbocycles. The summed E-state index contributed by atoms with van der Waals surface area (Å²) in [4.78, 5) is 16.4. The van der Waals surface area contributed by atoms with E-state index in [2.05, 4.69) is 4.98 Å². The van der Waals surface area contributed by atoms with Crippen molar-refractivity contribution in [2.24, 2.45) is 0 Å². The molecule has 2 aromatic rings. The van der Waals surface area contributed by atoms with Crippen LogP contribution in [0.2, 0.25) is 5.02 Å². The minimum Gasteiger partial charge on any atom is -0.481 e. The molecule has 0 aliphatic rings. The lowest BCUT2D eigenvalue weighted by molar-refractivity contribution is -0.136. The molecule has 0 radical (unpaired) electrons. The fourth-order valence-electron chi connectivity index (χ4n) is 2.03. The molecule has 1 heterocycles. The lowest BCUT2D eigenvalue weighted by Crippen LogP contribution is -1.98. The van der Waals surface area contributed by atoms with Crippen molar-refractivity contribution in [1.29, 1.82) is 0 Å². The molecule has 0 aliphatic heterocycles. The fourth-order valence-corrected chi connectivity index (χ4v) is 3.43. The zero-order chi connectivity index (χ0) is 14.5. The number of nitrogens with zero attached hydrogens (tertiary/aromatic N) is 1. The standard InChI is InChI=1S/C15H16ClNO2S/c1-2-12-13(6-7-15(18)19)20-14(17-12)9-10-4-3-5-11(16)8-10/h3-5,8H,2,6-7,9H2,1H3,(H,18,19). The number of carboxylic acids is 1. The zero-order valence-corrected chi connectivity index (χ0v) is 12.8. The molecule has 0 fully saturated rings. The molecule has 0 bridgehead atoms. The van der Waals surface area contributed by atoms with E-state index in [1.807, 2.05) is 31.2 Å². The predicted molar refractivity (Wildman–Crippen MR) is 81.7 cm³/mol. The largest absolute Gasteiger partial charge is 0.481 e. The highest BCUT2D eigenvalue weighted by Crippen LogP contribution is 2.24. The highest BCUT2D eigenvalue weighted by atomic mass is 35.5. The smallest absolute Gasteiger partial charge is 0.303 e. The predicted octanol–water partition coefficient (Wildman–Crippen LogP) is 3.97. The molecule has 2 rings (SSSR count). The molecule has 1 N–H and O–H groups in total. The van der Waals surface area contributed by atoms with Gasteiger partial charge < -0.3 is 5.11 Å². The van der Waals surface area contributed by atoms with E-state index >= 15 is 0 Å². The van der Waals surface area contributed by atoms with Crippen molar-refractivity contribution in [1.82, 2.24) is 4.98 Å². The summed E-state index contributed by atoms with van der Waals surface area (Å²) in [6, 6.07) is 7.74. The number of benzene rings is 1. The Bertz CT molecular complexity index is 610. The number of hydrogen-bond acceptors (Lipinski definition) is 3. The molecule has 0 aliphatic carbocycles. The second-order valence-electron chi connectivity index (χ2n) is 4.53. The van der Waals surface area contributed by atoms with Crippen LogP contribution in [0, 0.1) is 0 Å². The number of rotatable bonds is 6. The Balaban J connectivity index is 2.14. The quantitative estimate of drug-likeness (QED) is 0.878. The van der Waals surface area contributed by atoms with Gasteiger partial charge in [-0.1, -0.05) is 30.7 Å². The van der Waals surface area contributed by atoms with Gasteiger partial charge in [0.1, 0.15) is 0 Å². The minimum atomic E-state index is -0.767. The lowest BCUT2D eigenvalue weighted by atomic mass is 10.1. The molecule has 0 unspecified atom stereocenters. The number of halogens is 1. The van der Waals surface area contributed by atoms with Gasteiger partial charge in [-0.25, -0.2) is 4.98 Å². The summed E-state index contributed by atoms with van der Waals surface area (Å²) in [5, 5.41) is 10.5. The topological polar surface area (TPSA) is 50.2 Å². The van der Waals surface area contributed by atoms with Crippen LogP contribution < -0.4 is 0 Å². The van der Waals surface area contributed by atoms with Crippen molar-refractivity contribution in [3.63, 3.8) is 0 Å². The van der Waals surface area contributed by atoms with Crippen LogP contribution in [0.15, 0.2) is 24.3 Å². The van der Waals surface area contributed by atoms with Crippen LogP contribution in [0.3, 0.4) is 0 Å². The van der Waals surface area contributed by atoms with Crippen molar-refractivity contribution < 1.29 is 9.90 Å². The zero-order valence-electron chi connectivity index (χ0n) is 11.2. The molecule has 106 valence electrons. The average Bonchev–Trinajstić information content (AvgIpc) is 2.78. The second kappa shape index (κ2) is 6.86. The third-order valence-electron chi connectivity index (χ3n) is 2.97. The van der Waals surface area contributed by atoms with Crippen LogP contribution in [0.5, 0.6) is 0 Å². The number of hydrogen-bond donors (Lipinski definition) is 1. The average molecular weight is 310 g/mol. The number of aliphatic carboxylic acids is 1. The van der Waals surface area contributed by atoms with E-state index < -0.39 is 5.97 Å². The van der Waals surface area contributed by atoms with Gasteiger partial charge in [0.2, 0.25) is 0 Å². The molecule has 3 nitrogen and oxygen atoms in total. The maximum absolute atomic E-state index is 10.7. The minimum absolute atomic E-state index is 0.159. The Morgan fingerprint density at radius 3 is 2.90 bits per heavy atom. The summed E-state index contributed by atoms with van der Waals surface area (Å²) in [5.74, 6) is -0.767. The first kappa shape index (κ1) is 15.0. The van der Waals surface area contributed by atoms with E-state index in [1.54, 1.807) is 11.3 Å². The summed E-state index contributed by atoms with van der Waals surface area (Å²) in [6.45, 7) is 2.04. The van der Waals surface area contributed by atoms with E-state index in [4.69, 9.17) is 16.7 Å². The molecule has 0 saturated heterocycles. The highest BCUT2D eigenvalue weighted by Gasteiger charge is 2.11. The van der Waals surface area contributed by atoms with Crippen LogP contribution in [-0.4, -0.2) is 16.1 Å². The highest BCUT2D eigenvalue weighted by molar-refractivity contribution is 7.11. The molecule has 0 amide bonds. The van der Waals surface area contributed by atoms with E-state index in [0.717, 1.165) is 39.0 Å². The Hall–Kier alpha value is -1.39. The summed E-state index contributed by atoms with van der Waals surface area (Å²) < 4.78 is 0. The first-order chi connectivity index (χ1) is 9.58. The third kappa shape index (κ3) is 4.05. The lowest BCUT2D eigenvalue weighted by Gasteiger charge is -1.98. The van der Waals surface area contributed by atoms with Gasteiger partial charge in [0.15, 0.2) is 0 Å². The molecular formula is C15H16ClNO2S. The first-order valence-corrected chi connectivity index (χ1v) is 7.71. The van der Waals surface area contributed by atoms with Gasteiger partial charge in [0.05, 0.1) is 17.1 Å². The number of carboxylic acid groups (broad SMARTS) is 1. The van der Waals surface area contributed by atoms with E-state index in [1.165, 1.54) is 0 Å². The molecule has 20 heavy (non-hydrogen) atoms. The monoisotopic (exact) mass is 309 g/mol. The van der Waals surface area contributed by atoms with Crippen LogP contribution in [0.25, 0.3) is 0 Å². The van der Waals surface area contributed by atoms with Crippen LogP contribution >= 0.6 is 22.9 Å². The number of aromatic nitrogens is 1.